The lowest BCUT2D eigenvalue weighted by atomic mass is 10.2. The van der Waals surface area contributed by atoms with Crippen LogP contribution in [0.5, 0.6) is 0 Å². The number of anilines is 2. The summed E-state index contributed by atoms with van der Waals surface area (Å²) in [6.07, 6.45) is -4.47. The number of carbonyl (C=O) groups is 1. The Balaban J connectivity index is 3.00. The summed E-state index contributed by atoms with van der Waals surface area (Å²) in [5.41, 5.74) is -0.820. The monoisotopic (exact) mass is 304 g/mol. The van der Waals surface area contributed by atoms with E-state index in [1.54, 1.807) is 20.8 Å². The number of hydrogen-bond donors (Lipinski definition) is 3. The molecule has 0 aliphatic carbocycles. The van der Waals surface area contributed by atoms with Crippen molar-refractivity contribution in [3.63, 3.8) is 0 Å². The van der Waals surface area contributed by atoms with Gasteiger partial charge in [0.2, 0.25) is 5.91 Å². The van der Waals surface area contributed by atoms with Crippen LogP contribution in [-0.4, -0.2) is 30.0 Å². The van der Waals surface area contributed by atoms with Crippen molar-refractivity contribution in [2.24, 2.45) is 0 Å². The molecule has 0 aliphatic heterocycles. The summed E-state index contributed by atoms with van der Waals surface area (Å²) < 4.78 is 38.5. The summed E-state index contributed by atoms with van der Waals surface area (Å²) in [6, 6.07) is 1.14. The Bertz CT molecular complexity index is 491. The first-order valence-electron chi connectivity index (χ1n) is 6.65. The van der Waals surface area contributed by atoms with E-state index in [-0.39, 0.29) is 17.5 Å². The summed E-state index contributed by atoms with van der Waals surface area (Å²) in [5, 5.41) is 7.99. The van der Waals surface area contributed by atoms with Gasteiger partial charge < -0.3 is 16.0 Å². The lowest BCUT2D eigenvalue weighted by Crippen LogP contribution is -2.37. The molecule has 1 heterocycles. The van der Waals surface area contributed by atoms with Crippen LogP contribution in [0.15, 0.2) is 12.1 Å². The molecule has 0 radical (unpaired) electrons. The average molecular weight is 304 g/mol. The van der Waals surface area contributed by atoms with Gasteiger partial charge in [0.1, 0.15) is 17.7 Å². The van der Waals surface area contributed by atoms with E-state index in [1.807, 2.05) is 0 Å². The number of likely N-dealkylation sites (N-methyl/N-ethyl adjacent to an activating group) is 1. The minimum absolute atomic E-state index is 0.000437. The largest absolute Gasteiger partial charge is 0.416 e. The Hall–Kier alpha value is -1.99. The van der Waals surface area contributed by atoms with Crippen molar-refractivity contribution in [1.29, 1.82) is 0 Å². The second-order valence-electron chi connectivity index (χ2n) is 4.41. The van der Waals surface area contributed by atoms with E-state index in [4.69, 9.17) is 0 Å². The molecule has 1 unspecified atom stereocenters. The van der Waals surface area contributed by atoms with E-state index in [1.165, 1.54) is 0 Å². The molecular weight excluding hydrogens is 285 g/mol. The molecular formula is C13H19F3N4O. The normalized spacial score (nSPS) is 12.7. The molecule has 3 N–H and O–H groups in total. The lowest BCUT2D eigenvalue weighted by Gasteiger charge is -2.17. The Morgan fingerprint density at radius 1 is 1.24 bits per heavy atom. The fourth-order valence-electron chi connectivity index (χ4n) is 1.65. The van der Waals surface area contributed by atoms with Crippen molar-refractivity contribution in [2.75, 3.05) is 23.7 Å². The number of hydrogen-bond acceptors (Lipinski definition) is 4. The SMILES string of the molecule is CCNC(=O)C(C)Nc1cc(C(F)(F)F)cc(NCC)n1. The summed E-state index contributed by atoms with van der Waals surface area (Å²) >= 11 is 0. The fourth-order valence-corrected chi connectivity index (χ4v) is 1.65. The molecule has 0 spiro atoms. The van der Waals surface area contributed by atoms with Crippen molar-refractivity contribution in [1.82, 2.24) is 10.3 Å². The molecule has 118 valence electrons. The number of aromatic nitrogens is 1. The zero-order valence-electron chi connectivity index (χ0n) is 12.1. The highest BCUT2D eigenvalue weighted by Crippen LogP contribution is 2.32. The van der Waals surface area contributed by atoms with Crippen LogP contribution in [0.25, 0.3) is 0 Å². The molecule has 8 heteroatoms. The second-order valence-corrected chi connectivity index (χ2v) is 4.41. The van der Waals surface area contributed by atoms with Crippen molar-refractivity contribution in [3.05, 3.63) is 17.7 Å². The van der Waals surface area contributed by atoms with Crippen molar-refractivity contribution in [2.45, 2.75) is 33.0 Å². The van der Waals surface area contributed by atoms with Gasteiger partial charge in [0.05, 0.1) is 5.56 Å². The minimum Gasteiger partial charge on any atom is -0.370 e. The molecule has 0 aromatic carbocycles. The minimum atomic E-state index is -4.47. The van der Waals surface area contributed by atoms with Gasteiger partial charge >= 0.3 is 6.18 Å². The fraction of sp³-hybridized carbons (Fsp3) is 0.538. The Morgan fingerprint density at radius 2 is 1.86 bits per heavy atom. The highest BCUT2D eigenvalue weighted by molar-refractivity contribution is 5.83. The van der Waals surface area contributed by atoms with Crippen LogP contribution < -0.4 is 16.0 Å². The van der Waals surface area contributed by atoms with E-state index < -0.39 is 17.8 Å². The Morgan fingerprint density at radius 3 is 2.38 bits per heavy atom. The standard InChI is InChI=1S/C13H19F3N4O/c1-4-17-10-6-9(13(14,15)16)7-11(20-10)19-8(3)12(21)18-5-2/h6-8H,4-5H2,1-3H3,(H,18,21)(H2,17,19,20). The highest BCUT2D eigenvalue weighted by atomic mass is 19.4. The molecule has 0 saturated carbocycles. The summed E-state index contributed by atoms with van der Waals surface area (Å²) in [5.74, 6) is -0.195. The first-order chi connectivity index (χ1) is 9.77. The molecule has 1 aromatic rings. The van der Waals surface area contributed by atoms with Crippen LogP contribution in [0.1, 0.15) is 26.3 Å². The van der Waals surface area contributed by atoms with Crippen LogP contribution in [0.3, 0.4) is 0 Å². The van der Waals surface area contributed by atoms with E-state index in [9.17, 15) is 18.0 Å². The molecule has 21 heavy (non-hydrogen) atoms. The summed E-state index contributed by atoms with van der Waals surface area (Å²) in [7, 11) is 0. The topological polar surface area (TPSA) is 66.1 Å². The third-order valence-corrected chi connectivity index (χ3v) is 2.62. The lowest BCUT2D eigenvalue weighted by molar-refractivity contribution is -0.137. The number of amides is 1. The quantitative estimate of drug-likeness (QED) is 0.755. The van der Waals surface area contributed by atoms with E-state index in [0.29, 0.717) is 13.1 Å². The number of carbonyl (C=O) groups excluding carboxylic acids is 1. The average Bonchev–Trinajstić information content (AvgIpc) is 2.38. The molecule has 1 amide bonds. The first-order valence-corrected chi connectivity index (χ1v) is 6.65. The van der Waals surface area contributed by atoms with Gasteiger partial charge in [-0.05, 0) is 32.9 Å². The first kappa shape index (κ1) is 17.1. The van der Waals surface area contributed by atoms with Crippen molar-refractivity contribution < 1.29 is 18.0 Å². The van der Waals surface area contributed by atoms with Gasteiger partial charge in [0.25, 0.3) is 0 Å². The maximum atomic E-state index is 12.8. The van der Waals surface area contributed by atoms with E-state index >= 15 is 0 Å². The predicted molar refractivity (Wildman–Crippen MR) is 75.2 cm³/mol. The third kappa shape index (κ3) is 5.13. The predicted octanol–water partition coefficient (Wildman–Crippen LogP) is 2.47. The Kier molecular flexibility index (Phi) is 5.80. The van der Waals surface area contributed by atoms with Gasteiger partial charge in [0, 0.05) is 13.1 Å². The molecule has 5 nitrogen and oxygen atoms in total. The molecule has 0 bridgehead atoms. The van der Waals surface area contributed by atoms with Crippen molar-refractivity contribution in [3.8, 4) is 0 Å². The number of alkyl halides is 3. The van der Waals surface area contributed by atoms with Gasteiger partial charge in [-0.25, -0.2) is 4.98 Å². The van der Waals surface area contributed by atoms with Crippen LogP contribution in [-0.2, 0) is 11.0 Å². The summed E-state index contributed by atoms with van der Waals surface area (Å²) in [6.45, 7) is 5.96. The second kappa shape index (κ2) is 7.14. The maximum absolute atomic E-state index is 12.8. The van der Waals surface area contributed by atoms with Gasteiger partial charge in [-0.1, -0.05) is 0 Å². The van der Waals surface area contributed by atoms with Gasteiger partial charge in [-0.3, -0.25) is 4.79 Å². The molecule has 0 saturated heterocycles. The number of pyridine rings is 1. The van der Waals surface area contributed by atoms with Crippen LogP contribution >= 0.6 is 0 Å². The Labute approximate surface area is 121 Å². The number of nitrogens with zero attached hydrogens (tertiary/aromatic N) is 1. The highest BCUT2D eigenvalue weighted by Gasteiger charge is 2.32. The molecule has 1 rings (SSSR count). The zero-order chi connectivity index (χ0) is 16.0. The van der Waals surface area contributed by atoms with Crippen LogP contribution in [0.2, 0.25) is 0 Å². The molecule has 1 aromatic heterocycles. The smallest absolute Gasteiger partial charge is 0.370 e. The van der Waals surface area contributed by atoms with Crippen LogP contribution in [0, 0.1) is 0 Å². The number of rotatable bonds is 6. The third-order valence-electron chi connectivity index (χ3n) is 2.62. The van der Waals surface area contributed by atoms with E-state index in [0.717, 1.165) is 12.1 Å². The zero-order valence-corrected chi connectivity index (χ0v) is 12.1. The number of nitrogens with one attached hydrogen (secondary N) is 3. The van der Waals surface area contributed by atoms with Crippen LogP contribution in [0.4, 0.5) is 24.8 Å². The molecule has 1 atom stereocenters. The maximum Gasteiger partial charge on any atom is 0.416 e. The molecule has 0 fully saturated rings. The van der Waals surface area contributed by atoms with Gasteiger partial charge in [0.15, 0.2) is 0 Å². The van der Waals surface area contributed by atoms with Crippen molar-refractivity contribution >= 4 is 17.5 Å². The van der Waals surface area contributed by atoms with Gasteiger partial charge in [-0.2, -0.15) is 13.2 Å². The van der Waals surface area contributed by atoms with Gasteiger partial charge in [-0.15, -0.1) is 0 Å². The molecule has 0 aliphatic rings. The van der Waals surface area contributed by atoms with E-state index in [2.05, 4.69) is 20.9 Å². The number of halogens is 3. The summed E-state index contributed by atoms with van der Waals surface area (Å²) in [4.78, 5) is 15.6.